The number of thioether (sulfide) groups is 1. The zero-order valence-corrected chi connectivity index (χ0v) is 20.9. The first-order valence-electron chi connectivity index (χ1n) is 10.5. The summed E-state index contributed by atoms with van der Waals surface area (Å²) in [7, 11) is 0. The second kappa shape index (κ2) is 10.1. The number of fused-ring (bicyclic) bond motifs is 1. The number of H-pyrrole nitrogens is 1. The molecule has 4 rings (SSSR count). The van der Waals surface area contributed by atoms with Crippen LogP contribution in [0.4, 0.5) is 0 Å². The molecule has 0 saturated carbocycles. The Morgan fingerprint density at radius 1 is 1.15 bits per heavy atom. The van der Waals surface area contributed by atoms with Crippen LogP contribution in [0.1, 0.15) is 40.4 Å². The van der Waals surface area contributed by atoms with Gasteiger partial charge in [-0.25, -0.2) is 4.98 Å². The van der Waals surface area contributed by atoms with Crippen LogP contribution < -0.4 is 10.9 Å². The lowest BCUT2D eigenvalue weighted by Crippen LogP contribution is -2.35. The number of hydrogen-bond donors (Lipinski definition) is 2. The first-order valence-corrected chi connectivity index (χ1v) is 12.8. The van der Waals surface area contributed by atoms with Crippen molar-refractivity contribution in [2.45, 2.75) is 37.8 Å². The van der Waals surface area contributed by atoms with Crippen molar-refractivity contribution in [2.75, 3.05) is 0 Å². The molecule has 2 atom stereocenters. The van der Waals surface area contributed by atoms with Crippen molar-refractivity contribution in [3.63, 3.8) is 0 Å². The van der Waals surface area contributed by atoms with Crippen LogP contribution in [-0.2, 0) is 10.5 Å². The second-order valence-electron chi connectivity index (χ2n) is 7.84. The smallest absolute Gasteiger partial charge is 0.259 e. The third kappa shape index (κ3) is 5.32. The highest BCUT2D eigenvalue weighted by Gasteiger charge is 2.22. The monoisotopic (exact) mass is 497 g/mol. The number of thiophene rings is 1. The molecule has 2 aromatic carbocycles. The summed E-state index contributed by atoms with van der Waals surface area (Å²) >= 11 is 9.16. The van der Waals surface area contributed by atoms with Gasteiger partial charge in [-0.2, -0.15) is 0 Å². The van der Waals surface area contributed by atoms with Crippen LogP contribution in [0.15, 0.2) is 59.4 Å². The number of aryl methyl sites for hydroxylation is 2. The number of benzene rings is 2. The van der Waals surface area contributed by atoms with Gasteiger partial charge < -0.3 is 10.3 Å². The van der Waals surface area contributed by atoms with Gasteiger partial charge >= 0.3 is 0 Å². The quantitative estimate of drug-likeness (QED) is 0.339. The minimum absolute atomic E-state index is 0.0972. The van der Waals surface area contributed by atoms with Crippen molar-refractivity contribution in [1.29, 1.82) is 0 Å². The number of carbonyl (C=O) groups is 1. The maximum absolute atomic E-state index is 13.1. The third-order valence-corrected chi connectivity index (χ3v) is 8.02. The average Bonchev–Trinajstić information content (AvgIpc) is 3.09. The van der Waals surface area contributed by atoms with Gasteiger partial charge in [-0.05, 0) is 49.6 Å². The van der Waals surface area contributed by atoms with Crippen LogP contribution >= 0.6 is 34.7 Å². The molecular formula is C25H24ClN3O2S2. The fourth-order valence-electron chi connectivity index (χ4n) is 3.60. The number of rotatable bonds is 7. The molecule has 2 N–H and O–H groups in total. The van der Waals surface area contributed by atoms with E-state index >= 15 is 0 Å². The standard InChI is InChI=1S/C25H24ClN3O2S2/c1-14-15(2)33-25-21(14)24(31)27-20(28-25)13-32-16(3)23(30)29-22(17-8-5-4-6-9-17)18-10-7-11-19(26)12-18/h4-12,16,22H,13H2,1-3H3,(H,29,30)(H,27,28,31). The molecule has 0 aliphatic carbocycles. The fraction of sp³-hybridized carbons (Fsp3) is 0.240. The molecule has 0 fully saturated rings. The van der Waals surface area contributed by atoms with E-state index in [0.717, 1.165) is 26.4 Å². The van der Waals surface area contributed by atoms with Gasteiger partial charge in [0.25, 0.3) is 5.56 Å². The molecule has 0 spiro atoms. The third-order valence-electron chi connectivity index (χ3n) is 5.53. The molecule has 4 aromatic rings. The van der Waals surface area contributed by atoms with Crippen LogP contribution in [0.2, 0.25) is 5.02 Å². The van der Waals surface area contributed by atoms with Gasteiger partial charge in [0.2, 0.25) is 5.91 Å². The Hall–Kier alpha value is -2.61. The molecule has 33 heavy (non-hydrogen) atoms. The van der Waals surface area contributed by atoms with Gasteiger partial charge in [0.15, 0.2) is 0 Å². The molecule has 0 aliphatic heterocycles. The molecule has 2 aromatic heterocycles. The number of carbonyl (C=O) groups excluding carboxylic acids is 1. The molecule has 0 saturated heterocycles. The summed E-state index contributed by atoms with van der Waals surface area (Å²) in [5, 5.41) is 4.09. The minimum atomic E-state index is -0.344. The van der Waals surface area contributed by atoms with Gasteiger partial charge in [0.05, 0.1) is 22.4 Å². The van der Waals surface area contributed by atoms with E-state index in [2.05, 4.69) is 15.3 Å². The van der Waals surface area contributed by atoms with E-state index < -0.39 is 0 Å². The molecule has 2 heterocycles. The highest BCUT2D eigenvalue weighted by atomic mass is 35.5. The number of nitrogens with zero attached hydrogens (tertiary/aromatic N) is 1. The summed E-state index contributed by atoms with van der Waals surface area (Å²) in [4.78, 5) is 34.9. The zero-order chi connectivity index (χ0) is 23.5. The highest BCUT2D eigenvalue weighted by molar-refractivity contribution is 7.99. The maximum Gasteiger partial charge on any atom is 0.259 e. The maximum atomic E-state index is 13.1. The number of amides is 1. The summed E-state index contributed by atoms with van der Waals surface area (Å²) in [5.41, 5.74) is 2.74. The van der Waals surface area contributed by atoms with Crippen molar-refractivity contribution in [1.82, 2.24) is 15.3 Å². The first kappa shape index (κ1) is 23.5. The van der Waals surface area contributed by atoms with Crippen LogP contribution in [0, 0.1) is 13.8 Å². The van der Waals surface area contributed by atoms with Crippen molar-refractivity contribution < 1.29 is 4.79 Å². The molecule has 170 valence electrons. The predicted octanol–water partition coefficient (Wildman–Crippen LogP) is 5.78. The van der Waals surface area contributed by atoms with Crippen molar-refractivity contribution in [3.05, 3.63) is 97.4 Å². The minimum Gasteiger partial charge on any atom is -0.344 e. The lowest BCUT2D eigenvalue weighted by atomic mass is 9.98. The van der Waals surface area contributed by atoms with Gasteiger partial charge in [-0.1, -0.05) is 54.1 Å². The highest BCUT2D eigenvalue weighted by Crippen LogP contribution is 2.28. The Bertz CT molecular complexity index is 1350. The SMILES string of the molecule is Cc1sc2nc(CSC(C)C(=O)NC(c3ccccc3)c3cccc(Cl)c3)[nH]c(=O)c2c1C. The lowest BCUT2D eigenvalue weighted by Gasteiger charge is -2.22. The average molecular weight is 498 g/mol. The lowest BCUT2D eigenvalue weighted by molar-refractivity contribution is -0.120. The van der Waals surface area contributed by atoms with Crippen LogP contribution in [-0.4, -0.2) is 21.1 Å². The summed E-state index contributed by atoms with van der Waals surface area (Å²) in [6, 6.07) is 17.0. The van der Waals surface area contributed by atoms with Crippen molar-refractivity contribution in [3.8, 4) is 0 Å². The molecule has 5 nitrogen and oxygen atoms in total. The Morgan fingerprint density at radius 3 is 2.61 bits per heavy atom. The topological polar surface area (TPSA) is 74.8 Å². The molecular weight excluding hydrogens is 474 g/mol. The number of hydrogen-bond acceptors (Lipinski definition) is 5. The van der Waals surface area contributed by atoms with E-state index in [-0.39, 0.29) is 22.8 Å². The Balaban J connectivity index is 1.49. The Kier molecular flexibility index (Phi) is 7.22. The summed E-state index contributed by atoms with van der Waals surface area (Å²) in [6.45, 7) is 5.79. The molecule has 0 radical (unpaired) electrons. The molecule has 0 aliphatic rings. The largest absolute Gasteiger partial charge is 0.344 e. The van der Waals surface area contributed by atoms with Crippen molar-refractivity contribution >= 4 is 50.8 Å². The second-order valence-corrected chi connectivity index (χ2v) is 10.8. The van der Waals surface area contributed by atoms with E-state index in [1.54, 1.807) is 0 Å². The normalized spacial score (nSPS) is 13.1. The molecule has 1 amide bonds. The van der Waals surface area contributed by atoms with Gasteiger partial charge in [0.1, 0.15) is 10.7 Å². The van der Waals surface area contributed by atoms with Crippen LogP contribution in [0.25, 0.3) is 10.2 Å². The first-order chi connectivity index (χ1) is 15.8. The van der Waals surface area contributed by atoms with E-state index in [1.165, 1.54) is 23.1 Å². The van der Waals surface area contributed by atoms with Crippen LogP contribution in [0.3, 0.4) is 0 Å². The number of aromatic amines is 1. The summed E-state index contributed by atoms with van der Waals surface area (Å²) in [6.07, 6.45) is 0. The van der Waals surface area contributed by atoms with Gasteiger partial charge in [-0.15, -0.1) is 23.1 Å². The summed E-state index contributed by atoms with van der Waals surface area (Å²) in [5.74, 6) is 0.913. The molecule has 8 heteroatoms. The number of halogens is 1. The van der Waals surface area contributed by atoms with Gasteiger partial charge in [-0.3, -0.25) is 9.59 Å². The zero-order valence-electron chi connectivity index (χ0n) is 18.5. The van der Waals surface area contributed by atoms with Gasteiger partial charge in [0, 0.05) is 9.90 Å². The summed E-state index contributed by atoms with van der Waals surface area (Å²) < 4.78 is 0. The van der Waals surface area contributed by atoms with E-state index in [4.69, 9.17) is 11.6 Å². The van der Waals surface area contributed by atoms with Crippen molar-refractivity contribution in [2.24, 2.45) is 0 Å². The molecule has 2 unspecified atom stereocenters. The Labute approximate surface area is 205 Å². The fourth-order valence-corrected chi connectivity index (χ4v) is 5.61. The van der Waals surface area contributed by atoms with Crippen LogP contribution in [0.5, 0.6) is 0 Å². The predicted molar refractivity (Wildman–Crippen MR) is 138 cm³/mol. The number of aromatic nitrogens is 2. The van der Waals surface area contributed by atoms with E-state index in [0.29, 0.717) is 22.0 Å². The van der Waals surface area contributed by atoms with E-state index in [1.807, 2.05) is 75.4 Å². The Morgan fingerprint density at radius 2 is 1.88 bits per heavy atom. The van der Waals surface area contributed by atoms with E-state index in [9.17, 15) is 9.59 Å². The molecule has 0 bridgehead atoms. The number of nitrogens with one attached hydrogen (secondary N) is 2.